The standard InChI is InChI=1S/C18H25BO4/c1-13(20)21-12-18(10-11-18)14-6-8-15(9-7-14)19-22-16(2,3)17(4,5)23-19/h6-9H,10-12H2,1-5H3. The van der Waals surface area contributed by atoms with Gasteiger partial charge in [-0.3, -0.25) is 4.79 Å². The lowest BCUT2D eigenvalue weighted by Gasteiger charge is -2.32. The van der Waals surface area contributed by atoms with Crippen LogP contribution >= 0.6 is 0 Å². The molecule has 0 spiro atoms. The van der Waals surface area contributed by atoms with Crippen LogP contribution in [0.4, 0.5) is 0 Å². The summed E-state index contributed by atoms with van der Waals surface area (Å²) in [6.45, 7) is 10.1. The normalized spacial score (nSPS) is 23.6. The van der Waals surface area contributed by atoms with Crippen LogP contribution in [0.2, 0.25) is 0 Å². The Labute approximate surface area is 138 Å². The van der Waals surface area contributed by atoms with Gasteiger partial charge in [-0.2, -0.15) is 0 Å². The highest BCUT2D eigenvalue weighted by atomic mass is 16.7. The van der Waals surface area contributed by atoms with Gasteiger partial charge in [-0.25, -0.2) is 0 Å². The van der Waals surface area contributed by atoms with Gasteiger partial charge in [0.15, 0.2) is 0 Å². The summed E-state index contributed by atoms with van der Waals surface area (Å²) in [6.07, 6.45) is 2.13. The van der Waals surface area contributed by atoms with E-state index in [0.717, 1.165) is 18.3 Å². The van der Waals surface area contributed by atoms with E-state index in [4.69, 9.17) is 14.0 Å². The van der Waals surface area contributed by atoms with Crippen molar-refractivity contribution in [2.45, 2.75) is 64.1 Å². The molecule has 23 heavy (non-hydrogen) atoms. The Morgan fingerprint density at radius 1 is 1.09 bits per heavy atom. The quantitative estimate of drug-likeness (QED) is 0.633. The number of benzene rings is 1. The number of rotatable bonds is 4. The van der Waals surface area contributed by atoms with E-state index in [-0.39, 0.29) is 29.7 Å². The number of hydrogen-bond donors (Lipinski definition) is 0. The summed E-state index contributed by atoms with van der Waals surface area (Å²) < 4.78 is 17.4. The van der Waals surface area contributed by atoms with Crippen LogP contribution in [0.15, 0.2) is 24.3 Å². The summed E-state index contributed by atoms with van der Waals surface area (Å²) >= 11 is 0. The van der Waals surface area contributed by atoms with Gasteiger partial charge in [-0.1, -0.05) is 24.3 Å². The van der Waals surface area contributed by atoms with Crippen LogP contribution in [-0.2, 0) is 24.3 Å². The van der Waals surface area contributed by atoms with Crippen molar-refractivity contribution in [3.05, 3.63) is 29.8 Å². The first-order valence-corrected chi connectivity index (χ1v) is 8.25. The largest absolute Gasteiger partial charge is 0.494 e. The number of carbonyl (C=O) groups is 1. The third-order valence-corrected chi connectivity index (χ3v) is 5.45. The number of hydrogen-bond acceptors (Lipinski definition) is 4. The molecule has 0 bridgehead atoms. The average molecular weight is 316 g/mol. The van der Waals surface area contributed by atoms with E-state index in [1.54, 1.807) is 0 Å². The summed E-state index contributed by atoms with van der Waals surface area (Å²) in [5, 5.41) is 0. The lowest BCUT2D eigenvalue weighted by atomic mass is 9.78. The minimum Gasteiger partial charge on any atom is -0.465 e. The Hall–Kier alpha value is -1.33. The van der Waals surface area contributed by atoms with Gasteiger partial charge in [0.05, 0.1) is 11.2 Å². The third kappa shape index (κ3) is 3.04. The summed E-state index contributed by atoms with van der Waals surface area (Å²) in [5.41, 5.74) is 1.60. The lowest BCUT2D eigenvalue weighted by Crippen LogP contribution is -2.41. The molecule has 1 heterocycles. The summed E-state index contributed by atoms with van der Waals surface area (Å²) in [4.78, 5) is 11.0. The molecule has 1 aliphatic heterocycles. The smallest absolute Gasteiger partial charge is 0.465 e. The number of ether oxygens (including phenoxy) is 1. The molecule has 1 aliphatic carbocycles. The van der Waals surface area contributed by atoms with E-state index < -0.39 is 0 Å². The molecule has 4 nitrogen and oxygen atoms in total. The van der Waals surface area contributed by atoms with E-state index in [1.807, 2.05) is 0 Å². The van der Waals surface area contributed by atoms with Gasteiger partial charge in [0.1, 0.15) is 6.61 Å². The van der Waals surface area contributed by atoms with Crippen molar-refractivity contribution in [1.29, 1.82) is 0 Å². The van der Waals surface area contributed by atoms with Crippen molar-refractivity contribution in [2.24, 2.45) is 0 Å². The predicted molar refractivity (Wildman–Crippen MR) is 89.7 cm³/mol. The van der Waals surface area contributed by atoms with Crippen molar-refractivity contribution in [1.82, 2.24) is 0 Å². The van der Waals surface area contributed by atoms with Crippen LogP contribution in [0, 0.1) is 0 Å². The first-order chi connectivity index (χ1) is 10.7. The minimum absolute atomic E-state index is 0.0140. The molecule has 0 atom stereocenters. The van der Waals surface area contributed by atoms with E-state index >= 15 is 0 Å². The maximum absolute atomic E-state index is 11.0. The maximum Gasteiger partial charge on any atom is 0.494 e. The molecule has 1 aromatic rings. The summed E-state index contributed by atoms with van der Waals surface area (Å²) in [7, 11) is -0.335. The summed E-state index contributed by atoms with van der Waals surface area (Å²) in [5.74, 6) is -0.217. The molecule has 0 amide bonds. The second-order valence-corrected chi connectivity index (χ2v) is 7.77. The van der Waals surface area contributed by atoms with Crippen molar-refractivity contribution < 1.29 is 18.8 Å². The number of esters is 1. The minimum atomic E-state index is -0.335. The fraction of sp³-hybridized carbons (Fsp3) is 0.611. The van der Waals surface area contributed by atoms with Crippen molar-refractivity contribution in [3.8, 4) is 0 Å². The maximum atomic E-state index is 11.0. The van der Waals surface area contributed by atoms with E-state index in [0.29, 0.717) is 6.61 Å². The molecule has 2 fully saturated rings. The highest BCUT2D eigenvalue weighted by Crippen LogP contribution is 2.48. The third-order valence-electron chi connectivity index (χ3n) is 5.45. The molecular formula is C18H25BO4. The molecule has 124 valence electrons. The van der Waals surface area contributed by atoms with Gasteiger partial charge in [0.25, 0.3) is 0 Å². The monoisotopic (exact) mass is 316 g/mol. The first-order valence-electron chi connectivity index (χ1n) is 8.25. The fourth-order valence-electron chi connectivity index (χ4n) is 2.88. The molecule has 1 saturated carbocycles. The Balaban J connectivity index is 1.73. The molecule has 0 unspecified atom stereocenters. The second-order valence-electron chi connectivity index (χ2n) is 7.77. The van der Waals surface area contributed by atoms with Gasteiger partial charge in [0, 0.05) is 12.3 Å². The van der Waals surface area contributed by atoms with Gasteiger partial charge < -0.3 is 14.0 Å². The van der Waals surface area contributed by atoms with Crippen LogP contribution in [0.5, 0.6) is 0 Å². The molecule has 1 saturated heterocycles. The van der Waals surface area contributed by atoms with Gasteiger partial charge >= 0.3 is 13.1 Å². The fourth-order valence-corrected chi connectivity index (χ4v) is 2.88. The topological polar surface area (TPSA) is 44.8 Å². The SMILES string of the molecule is CC(=O)OCC1(c2ccc(B3OC(C)(C)C(C)(C)O3)cc2)CC1. The molecule has 1 aromatic carbocycles. The highest BCUT2D eigenvalue weighted by Gasteiger charge is 2.52. The Bertz CT molecular complexity index is 586. The van der Waals surface area contributed by atoms with Crippen LogP contribution in [0.1, 0.15) is 53.0 Å². The van der Waals surface area contributed by atoms with Crippen molar-refractivity contribution in [2.75, 3.05) is 6.61 Å². The summed E-state index contributed by atoms with van der Waals surface area (Å²) in [6, 6.07) is 8.34. The molecule has 2 aliphatic rings. The molecule has 0 N–H and O–H groups in total. The van der Waals surface area contributed by atoms with Gasteiger partial charge in [-0.05, 0) is 51.6 Å². The first kappa shape index (κ1) is 16.5. The van der Waals surface area contributed by atoms with Crippen molar-refractivity contribution >= 4 is 18.6 Å². The van der Waals surface area contributed by atoms with Crippen LogP contribution in [-0.4, -0.2) is 30.9 Å². The molecule has 0 aromatic heterocycles. The van der Waals surface area contributed by atoms with E-state index in [2.05, 4.69) is 52.0 Å². The molecule has 0 radical (unpaired) electrons. The van der Waals surface area contributed by atoms with Gasteiger partial charge in [0.2, 0.25) is 0 Å². The predicted octanol–water partition coefficient (Wildman–Crippen LogP) is 2.58. The van der Waals surface area contributed by atoms with E-state index in [9.17, 15) is 4.79 Å². The Morgan fingerprint density at radius 3 is 2.04 bits per heavy atom. The van der Waals surface area contributed by atoms with Crippen LogP contribution < -0.4 is 5.46 Å². The Morgan fingerprint density at radius 2 is 1.61 bits per heavy atom. The zero-order chi connectivity index (χ0) is 16.9. The lowest BCUT2D eigenvalue weighted by molar-refractivity contribution is -0.141. The van der Waals surface area contributed by atoms with Gasteiger partial charge in [-0.15, -0.1) is 0 Å². The zero-order valence-electron chi connectivity index (χ0n) is 14.6. The molecule has 3 rings (SSSR count). The average Bonchev–Trinajstić information content (AvgIpc) is 3.21. The van der Waals surface area contributed by atoms with Crippen LogP contribution in [0.25, 0.3) is 0 Å². The van der Waals surface area contributed by atoms with E-state index in [1.165, 1.54) is 12.5 Å². The van der Waals surface area contributed by atoms with Crippen LogP contribution in [0.3, 0.4) is 0 Å². The number of carbonyl (C=O) groups excluding carboxylic acids is 1. The van der Waals surface area contributed by atoms with Crippen molar-refractivity contribution in [3.63, 3.8) is 0 Å². The zero-order valence-corrected chi connectivity index (χ0v) is 14.6. The Kier molecular flexibility index (Phi) is 3.85. The molecular weight excluding hydrogens is 291 g/mol. The highest BCUT2D eigenvalue weighted by molar-refractivity contribution is 6.62. The second kappa shape index (κ2) is 5.35. The molecule has 5 heteroatoms.